The Morgan fingerprint density at radius 1 is 1.13 bits per heavy atom. The second kappa shape index (κ2) is 11.1. The number of phenols is 1. The number of hydrogen-bond donors (Lipinski definition) is 2. The van der Waals surface area contributed by atoms with E-state index in [4.69, 9.17) is 4.98 Å². The molecule has 0 saturated heterocycles. The van der Waals surface area contributed by atoms with Crippen LogP contribution in [0, 0.1) is 11.6 Å². The summed E-state index contributed by atoms with van der Waals surface area (Å²) in [5.41, 5.74) is 2.86. The van der Waals surface area contributed by atoms with E-state index in [1.54, 1.807) is 48.7 Å². The second-order valence-electron chi connectivity index (χ2n) is 8.71. The molecule has 0 atom stereocenters. The van der Waals surface area contributed by atoms with Crippen LogP contribution in [-0.4, -0.2) is 43.7 Å². The number of carbonyl (C=O) groups excluding carboxylic acids is 1. The molecule has 0 spiro atoms. The van der Waals surface area contributed by atoms with Crippen LogP contribution in [0.15, 0.2) is 67.4 Å². The molecule has 0 aliphatic heterocycles. The SMILES string of the molecule is CCCSNc1ccc(F)c(-n2cc(-c3cncnc3)c3nc(N(C)c4ccc(C=O)c(O)c4)ccc32)c1F. The highest BCUT2D eigenvalue weighted by atomic mass is 32.2. The number of anilines is 3. The van der Waals surface area contributed by atoms with Gasteiger partial charge in [0.05, 0.1) is 22.3 Å². The molecule has 39 heavy (non-hydrogen) atoms. The topological polar surface area (TPSA) is 96.2 Å². The van der Waals surface area contributed by atoms with Crippen LogP contribution < -0.4 is 9.62 Å². The Hall–Kier alpha value is -4.51. The van der Waals surface area contributed by atoms with E-state index in [2.05, 4.69) is 14.7 Å². The van der Waals surface area contributed by atoms with E-state index < -0.39 is 11.6 Å². The maximum atomic E-state index is 15.7. The molecule has 11 heteroatoms. The quantitative estimate of drug-likeness (QED) is 0.123. The molecular weight excluding hydrogens is 522 g/mol. The van der Waals surface area contributed by atoms with E-state index in [0.717, 1.165) is 12.2 Å². The number of carbonyl (C=O) groups is 1. The van der Waals surface area contributed by atoms with E-state index in [9.17, 15) is 9.90 Å². The Balaban J connectivity index is 1.67. The minimum Gasteiger partial charge on any atom is -0.507 e. The first-order valence-corrected chi connectivity index (χ1v) is 13.1. The van der Waals surface area contributed by atoms with Gasteiger partial charge in [-0.3, -0.25) is 4.79 Å². The Morgan fingerprint density at radius 2 is 1.92 bits per heavy atom. The zero-order valence-corrected chi connectivity index (χ0v) is 21.9. The highest BCUT2D eigenvalue weighted by molar-refractivity contribution is 8.00. The van der Waals surface area contributed by atoms with Gasteiger partial charge in [-0.2, -0.15) is 0 Å². The van der Waals surface area contributed by atoms with Crippen molar-refractivity contribution < 1.29 is 18.7 Å². The number of phenolic OH excluding ortho intramolecular Hbond substituents is 1. The summed E-state index contributed by atoms with van der Waals surface area (Å²) in [4.78, 5) is 25.8. The number of nitrogens with zero attached hydrogens (tertiary/aromatic N) is 5. The number of nitrogens with one attached hydrogen (secondary N) is 1. The number of benzene rings is 2. The molecule has 8 nitrogen and oxygen atoms in total. The maximum Gasteiger partial charge on any atom is 0.174 e. The van der Waals surface area contributed by atoms with Gasteiger partial charge in [0.25, 0.3) is 0 Å². The molecule has 3 aromatic heterocycles. The molecule has 2 aromatic carbocycles. The van der Waals surface area contributed by atoms with E-state index in [-0.39, 0.29) is 22.7 Å². The zero-order valence-electron chi connectivity index (χ0n) is 21.1. The third-order valence-electron chi connectivity index (χ3n) is 6.17. The number of aromatic nitrogens is 4. The Kier molecular flexibility index (Phi) is 7.42. The fourth-order valence-electron chi connectivity index (χ4n) is 4.16. The van der Waals surface area contributed by atoms with E-state index in [1.165, 1.54) is 47.1 Å². The van der Waals surface area contributed by atoms with Crippen molar-refractivity contribution in [3.8, 4) is 22.6 Å². The van der Waals surface area contributed by atoms with Gasteiger partial charge in [0.1, 0.15) is 29.4 Å². The predicted molar refractivity (Wildman–Crippen MR) is 150 cm³/mol. The first-order valence-electron chi connectivity index (χ1n) is 12.1. The van der Waals surface area contributed by atoms with E-state index in [0.29, 0.717) is 40.0 Å². The lowest BCUT2D eigenvalue weighted by molar-refractivity contribution is 0.112. The molecule has 0 unspecified atom stereocenters. The first kappa shape index (κ1) is 26.1. The summed E-state index contributed by atoms with van der Waals surface area (Å²) in [5.74, 6) is -0.326. The molecule has 0 aliphatic rings. The summed E-state index contributed by atoms with van der Waals surface area (Å²) >= 11 is 1.35. The van der Waals surface area contributed by atoms with Crippen molar-refractivity contribution >= 4 is 46.5 Å². The minimum atomic E-state index is -0.724. The number of hydrogen-bond acceptors (Lipinski definition) is 8. The average Bonchev–Trinajstić information content (AvgIpc) is 3.33. The maximum absolute atomic E-state index is 15.7. The van der Waals surface area contributed by atoms with Crippen LogP contribution in [0.5, 0.6) is 5.75 Å². The highest BCUT2D eigenvalue weighted by Crippen LogP contribution is 2.36. The van der Waals surface area contributed by atoms with Gasteiger partial charge in [-0.1, -0.05) is 18.9 Å². The van der Waals surface area contributed by atoms with Crippen molar-refractivity contribution in [1.82, 2.24) is 19.5 Å². The van der Waals surface area contributed by atoms with Crippen LogP contribution >= 0.6 is 11.9 Å². The molecular formula is C28H24F2N6O2S. The summed E-state index contributed by atoms with van der Waals surface area (Å²) in [7, 11) is 1.76. The van der Waals surface area contributed by atoms with Crippen molar-refractivity contribution in [1.29, 1.82) is 0 Å². The molecule has 5 aromatic rings. The first-order chi connectivity index (χ1) is 18.9. The highest BCUT2D eigenvalue weighted by Gasteiger charge is 2.22. The van der Waals surface area contributed by atoms with Crippen molar-refractivity contribution in [3.05, 3.63) is 84.6 Å². The minimum absolute atomic E-state index is 0.153. The molecule has 0 saturated carbocycles. The van der Waals surface area contributed by atoms with Crippen LogP contribution in [0.25, 0.3) is 27.8 Å². The van der Waals surface area contributed by atoms with Crippen molar-refractivity contribution in [2.75, 3.05) is 22.4 Å². The summed E-state index contributed by atoms with van der Waals surface area (Å²) in [5, 5.41) is 10.2. The second-order valence-corrected chi connectivity index (χ2v) is 9.61. The van der Waals surface area contributed by atoms with E-state index in [1.807, 2.05) is 6.92 Å². The van der Waals surface area contributed by atoms with Gasteiger partial charge >= 0.3 is 0 Å². The number of fused-ring (bicyclic) bond motifs is 1. The fourth-order valence-corrected chi connectivity index (χ4v) is 4.78. The molecule has 0 fully saturated rings. The molecule has 0 aliphatic carbocycles. The number of halogens is 2. The van der Waals surface area contributed by atoms with Gasteiger partial charge in [0.2, 0.25) is 0 Å². The van der Waals surface area contributed by atoms with Gasteiger partial charge in [0.15, 0.2) is 12.1 Å². The van der Waals surface area contributed by atoms with Gasteiger partial charge < -0.3 is 19.3 Å². The summed E-state index contributed by atoms with van der Waals surface area (Å²) in [6.07, 6.45) is 7.70. The molecule has 5 rings (SSSR count). The van der Waals surface area contributed by atoms with Gasteiger partial charge in [-0.25, -0.2) is 23.7 Å². The Morgan fingerprint density at radius 3 is 2.64 bits per heavy atom. The average molecular weight is 547 g/mol. The molecule has 0 radical (unpaired) electrons. The fraction of sp³-hybridized carbons (Fsp3) is 0.143. The third-order valence-corrected chi connectivity index (χ3v) is 7.15. The third kappa shape index (κ3) is 5.00. The molecule has 3 heterocycles. The Labute approximate surface area is 227 Å². The van der Waals surface area contributed by atoms with E-state index >= 15 is 8.78 Å². The molecule has 198 valence electrons. The van der Waals surface area contributed by atoms with Crippen molar-refractivity contribution in [2.45, 2.75) is 13.3 Å². The monoisotopic (exact) mass is 546 g/mol. The summed E-state index contributed by atoms with van der Waals surface area (Å²) < 4.78 is 35.3. The molecule has 0 amide bonds. The zero-order chi connectivity index (χ0) is 27.5. The number of rotatable bonds is 9. The lowest BCUT2D eigenvalue weighted by Crippen LogP contribution is -2.11. The summed E-state index contributed by atoms with van der Waals surface area (Å²) in [6.45, 7) is 2.02. The van der Waals surface area contributed by atoms with Gasteiger partial charge in [-0.05, 0) is 42.8 Å². The standard InChI is InChI=1S/C28H24F2N6O2S/c1-3-10-39-34-22-7-6-21(29)28(26(22)30)36-14-20(18-12-31-16-32-13-18)27-23(36)8-9-25(33-27)35(2)19-5-4-17(15-37)24(38)11-19/h4-9,11-16,34,38H,3,10H2,1-2H3. The lowest BCUT2D eigenvalue weighted by atomic mass is 10.1. The van der Waals surface area contributed by atoms with Gasteiger partial charge in [0, 0.05) is 54.3 Å². The summed E-state index contributed by atoms with van der Waals surface area (Å²) in [6, 6.07) is 10.7. The van der Waals surface area contributed by atoms with Gasteiger partial charge in [-0.15, -0.1) is 0 Å². The normalized spacial score (nSPS) is 11.1. The molecule has 2 N–H and O–H groups in total. The van der Waals surface area contributed by atoms with Crippen molar-refractivity contribution in [2.24, 2.45) is 0 Å². The Bertz CT molecular complexity index is 1660. The number of aldehydes is 1. The molecule has 0 bridgehead atoms. The predicted octanol–water partition coefficient (Wildman–Crippen LogP) is 6.52. The van der Waals surface area contributed by atoms with Crippen LogP contribution in [0.1, 0.15) is 23.7 Å². The smallest absolute Gasteiger partial charge is 0.174 e. The van der Waals surface area contributed by atoms with Crippen LogP contribution in [-0.2, 0) is 0 Å². The van der Waals surface area contributed by atoms with Crippen molar-refractivity contribution in [3.63, 3.8) is 0 Å². The van der Waals surface area contributed by atoms with Crippen LogP contribution in [0.4, 0.5) is 26.0 Å². The van der Waals surface area contributed by atoms with Crippen LogP contribution in [0.3, 0.4) is 0 Å². The van der Waals surface area contributed by atoms with Crippen LogP contribution in [0.2, 0.25) is 0 Å². The number of aromatic hydroxyl groups is 1. The lowest BCUT2D eigenvalue weighted by Gasteiger charge is -2.19. The largest absolute Gasteiger partial charge is 0.507 e. The number of pyridine rings is 1.